The molecular formula is C89H174O17P2. The van der Waals surface area contributed by atoms with Crippen LogP contribution in [0.1, 0.15) is 478 Å². The monoisotopic (exact) mass is 1580 g/mol. The molecule has 0 heterocycles. The van der Waals surface area contributed by atoms with E-state index in [0.717, 1.165) is 102 Å². The first-order chi connectivity index (χ1) is 52.4. The van der Waals surface area contributed by atoms with Gasteiger partial charge in [0.15, 0.2) is 12.2 Å². The van der Waals surface area contributed by atoms with Gasteiger partial charge in [0.25, 0.3) is 0 Å². The van der Waals surface area contributed by atoms with Crippen molar-refractivity contribution >= 4 is 39.5 Å². The fourth-order valence-electron chi connectivity index (χ4n) is 14.0. The minimum Gasteiger partial charge on any atom is -0.462 e. The van der Waals surface area contributed by atoms with E-state index in [1.807, 2.05) is 0 Å². The number of rotatable bonds is 88. The highest BCUT2D eigenvalue weighted by Gasteiger charge is 2.31. The molecule has 0 amide bonds. The topological polar surface area (TPSA) is 237 Å². The van der Waals surface area contributed by atoms with Crippen molar-refractivity contribution in [2.75, 3.05) is 39.6 Å². The van der Waals surface area contributed by atoms with E-state index in [1.54, 1.807) is 0 Å². The van der Waals surface area contributed by atoms with Crippen molar-refractivity contribution in [2.45, 2.75) is 496 Å². The Labute approximate surface area is 664 Å². The fourth-order valence-corrected chi connectivity index (χ4v) is 15.5. The molecule has 0 saturated carbocycles. The third kappa shape index (κ3) is 82.1. The maximum absolute atomic E-state index is 13.2. The second-order valence-electron chi connectivity index (χ2n) is 32.9. The van der Waals surface area contributed by atoms with Crippen LogP contribution in [0.2, 0.25) is 0 Å². The summed E-state index contributed by atoms with van der Waals surface area (Å²) in [5.74, 6) is -0.569. The molecule has 0 aliphatic carbocycles. The van der Waals surface area contributed by atoms with Crippen LogP contribution in [0.5, 0.6) is 0 Å². The van der Waals surface area contributed by atoms with Gasteiger partial charge in [-0.3, -0.25) is 37.3 Å². The summed E-state index contributed by atoms with van der Waals surface area (Å²) in [5.41, 5.74) is 0. The van der Waals surface area contributed by atoms with E-state index < -0.39 is 97.5 Å². The van der Waals surface area contributed by atoms with E-state index in [4.69, 9.17) is 37.0 Å². The van der Waals surface area contributed by atoms with Crippen LogP contribution in [0.15, 0.2) is 0 Å². The van der Waals surface area contributed by atoms with E-state index in [-0.39, 0.29) is 25.7 Å². The molecular weight excluding hydrogens is 1400 g/mol. The molecule has 0 saturated heterocycles. The van der Waals surface area contributed by atoms with Crippen LogP contribution in [0.4, 0.5) is 0 Å². The minimum absolute atomic E-state index is 0.107. The molecule has 0 fully saturated rings. The molecule has 0 rings (SSSR count). The number of carbonyl (C=O) groups is 4. The van der Waals surface area contributed by atoms with Crippen LogP contribution in [-0.4, -0.2) is 96.7 Å². The molecule has 0 aliphatic rings. The third-order valence-electron chi connectivity index (χ3n) is 21.0. The number of esters is 4. The molecule has 108 heavy (non-hydrogen) atoms. The van der Waals surface area contributed by atoms with Gasteiger partial charge < -0.3 is 33.8 Å². The lowest BCUT2D eigenvalue weighted by atomic mass is 10.0. The number of aliphatic hydroxyl groups is 1. The van der Waals surface area contributed by atoms with E-state index in [9.17, 15) is 43.2 Å². The summed E-state index contributed by atoms with van der Waals surface area (Å²) in [7, 11) is -9.93. The Morgan fingerprint density at radius 1 is 0.250 bits per heavy atom. The first-order valence-electron chi connectivity index (χ1n) is 46.0. The van der Waals surface area contributed by atoms with Crippen molar-refractivity contribution in [3.8, 4) is 0 Å². The summed E-state index contributed by atoms with van der Waals surface area (Å²) >= 11 is 0. The first-order valence-corrected chi connectivity index (χ1v) is 49.0. The lowest BCUT2D eigenvalue weighted by molar-refractivity contribution is -0.161. The average Bonchev–Trinajstić information content (AvgIpc) is 0.898. The molecule has 0 aliphatic heterocycles. The molecule has 2 unspecified atom stereocenters. The van der Waals surface area contributed by atoms with Gasteiger partial charge in [-0.15, -0.1) is 0 Å². The maximum atomic E-state index is 13.2. The molecule has 642 valence electrons. The number of aliphatic hydroxyl groups excluding tert-OH is 1. The van der Waals surface area contributed by atoms with Crippen molar-refractivity contribution in [1.82, 2.24) is 0 Å². The van der Waals surface area contributed by atoms with Gasteiger partial charge in [0.2, 0.25) is 0 Å². The normalized spacial score (nSPS) is 13.8. The van der Waals surface area contributed by atoms with Gasteiger partial charge in [0.05, 0.1) is 26.4 Å². The smallest absolute Gasteiger partial charge is 0.462 e. The Morgan fingerprint density at radius 2 is 0.426 bits per heavy atom. The number of hydrogen-bond donors (Lipinski definition) is 3. The second kappa shape index (κ2) is 80.3. The van der Waals surface area contributed by atoms with E-state index in [0.29, 0.717) is 25.7 Å². The second-order valence-corrected chi connectivity index (χ2v) is 35.8. The van der Waals surface area contributed by atoms with Gasteiger partial charge in [-0.05, 0) is 37.5 Å². The van der Waals surface area contributed by atoms with Gasteiger partial charge in [-0.2, -0.15) is 0 Å². The summed E-state index contributed by atoms with van der Waals surface area (Å²) in [6.45, 7) is 9.69. The SMILES string of the molecule is CCCCCCCCCCCCCCCCCCCCCCCCC(=O)O[C@H](COC(=O)CCCCCCCCCCCCCCCCCCCC)COP(=O)(O)OC[C@@H](O)COP(=O)(O)OC[C@@H](COC(=O)CCCCCCCCCCCC(C)C)OC(=O)CCCCCCCCCCCCCCCC(C)C. The van der Waals surface area contributed by atoms with Crippen LogP contribution in [0.3, 0.4) is 0 Å². The third-order valence-corrected chi connectivity index (χ3v) is 22.9. The van der Waals surface area contributed by atoms with Gasteiger partial charge >= 0.3 is 39.5 Å². The molecule has 0 aromatic heterocycles. The molecule has 5 atom stereocenters. The van der Waals surface area contributed by atoms with Gasteiger partial charge in [0, 0.05) is 25.7 Å². The van der Waals surface area contributed by atoms with Crippen molar-refractivity contribution < 1.29 is 80.2 Å². The quantitative estimate of drug-likeness (QED) is 0.0222. The van der Waals surface area contributed by atoms with Crippen LogP contribution in [0, 0.1) is 11.8 Å². The number of phosphoric ester groups is 2. The Hall–Kier alpha value is -1.94. The number of unbranched alkanes of at least 4 members (excludes halogenated alkanes) is 58. The van der Waals surface area contributed by atoms with Crippen LogP contribution in [-0.2, 0) is 65.4 Å². The lowest BCUT2D eigenvalue weighted by Crippen LogP contribution is -2.30. The largest absolute Gasteiger partial charge is 0.472 e. The lowest BCUT2D eigenvalue weighted by Gasteiger charge is -2.21. The van der Waals surface area contributed by atoms with Gasteiger partial charge in [-0.25, -0.2) is 9.13 Å². The summed E-state index contributed by atoms with van der Waals surface area (Å²) < 4.78 is 69.0. The summed E-state index contributed by atoms with van der Waals surface area (Å²) in [6.07, 6.45) is 73.7. The summed E-state index contributed by atoms with van der Waals surface area (Å²) in [4.78, 5) is 73.4. The zero-order valence-corrected chi connectivity index (χ0v) is 73.0. The van der Waals surface area contributed by atoms with Crippen molar-refractivity contribution in [3.63, 3.8) is 0 Å². The van der Waals surface area contributed by atoms with Crippen LogP contribution < -0.4 is 0 Å². The fraction of sp³-hybridized carbons (Fsp3) is 0.955. The molecule has 19 heteroatoms. The highest BCUT2D eigenvalue weighted by molar-refractivity contribution is 7.47. The zero-order valence-electron chi connectivity index (χ0n) is 71.2. The van der Waals surface area contributed by atoms with E-state index in [1.165, 1.54) is 295 Å². The highest BCUT2D eigenvalue weighted by Crippen LogP contribution is 2.45. The molecule has 0 spiro atoms. The first kappa shape index (κ1) is 106. The number of carbonyl (C=O) groups excluding carboxylic acids is 4. The predicted octanol–water partition coefficient (Wildman–Crippen LogP) is 27.4. The Morgan fingerprint density at radius 3 is 0.630 bits per heavy atom. The molecule has 0 bridgehead atoms. The van der Waals surface area contributed by atoms with E-state index >= 15 is 0 Å². The molecule has 0 aromatic rings. The molecule has 0 aromatic carbocycles. The Bertz CT molecular complexity index is 2060. The highest BCUT2D eigenvalue weighted by atomic mass is 31.2. The number of ether oxygens (including phenoxy) is 4. The van der Waals surface area contributed by atoms with Crippen molar-refractivity contribution in [3.05, 3.63) is 0 Å². The Kier molecular flexibility index (Phi) is 78.8. The maximum Gasteiger partial charge on any atom is 0.472 e. The van der Waals surface area contributed by atoms with Crippen LogP contribution in [0.25, 0.3) is 0 Å². The number of phosphoric acid groups is 2. The average molecular weight is 1580 g/mol. The van der Waals surface area contributed by atoms with E-state index in [2.05, 4.69) is 41.5 Å². The minimum atomic E-state index is -4.97. The molecule has 3 N–H and O–H groups in total. The van der Waals surface area contributed by atoms with Crippen molar-refractivity contribution in [2.24, 2.45) is 11.8 Å². The van der Waals surface area contributed by atoms with Gasteiger partial charge in [0.1, 0.15) is 19.3 Å². The number of hydrogen-bond acceptors (Lipinski definition) is 15. The summed E-state index contributed by atoms with van der Waals surface area (Å²) in [5, 5.41) is 10.7. The van der Waals surface area contributed by atoms with Gasteiger partial charge in [-0.1, -0.05) is 427 Å². The zero-order chi connectivity index (χ0) is 79.2. The standard InChI is InChI=1S/C89H174O17P2/c1-7-9-11-13-15-17-19-21-23-25-27-28-29-30-32-34-38-42-48-55-61-67-73-88(93)105-84(77-99-86(91)71-65-59-53-47-41-37-33-31-26-24-22-20-18-16-14-12-10-8-2)79-103-107(95,96)101-75-83(90)76-102-108(97,98)104-80-85(78-100-87(92)72-66-60-54-50-44-46-52-58-64-70-82(5)6)106-89(94)74-68-62-56-49-43-39-35-36-40-45-51-57-63-69-81(3)4/h81-85,90H,7-80H2,1-6H3,(H,95,96)(H,97,98)/t83-,84-,85-/m1/s1. The van der Waals surface area contributed by atoms with Crippen molar-refractivity contribution in [1.29, 1.82) is 0 Å². The van der Waals surface area contributed by atoms with Crippen LogP contribution >= 0.6 is 15.6 Å². The predicted molar refractivity (Wildman–Crippen MR) is 446 cm³/mol. The molecule has 0 radical (unpaired) electrons. The molecule has 17 nitrogen and oxygen atoms in total. The Balaban J connectivity index is 5.24. The summed E-state index contributed by atoms with van der Waals surface area (Å²) in [6, 6.07) is 0.